The van der Waals surface area contributed by atoms with Crippen molar-refractivity contribution < 1.29 is 27.8 Å². The number of ether oxygens (including phenoxy) is 2. The third kappa shape index (κ3) is 5.29. The van der Waals surface area contributed by atoms with Gasteiger partial charge in [-0.15, -0.1) is 0 Å². The SMILES string of the molecule is O=C1NS(=O)(=O)/C=C\COC[C@H](O)[C@@H]2CC[C@H]2CN2C[C@@]3(CCCc4cc(Cl)ccc43)COc3ccc1cc32. The molecule has 1 spiro atoms. The summed E-state index contributed by atoms with van der Waals surface area (Å²) >= 11 is 6.35. The highest BCUT2D eigenvalue weighted by Gasteiger charge is 2.44. The molecule has 2 bridgehead atoms. The van der Waals surface area contributed by atoms with Gasteiger partial charge in [0.25, 0.3) is 15.9 Å². The van der Waals surface area contributed by atoms with Crippen molar-refractivity contribution >= 4 is 33.2 Å². The molecule has 4 aliphatic rings. The third-order valence-corrected chi connectivity index (χ3v) is 9.99. The predicted octanol–water partition coefficient (Wildman–Crippen LogP) is 3.80. The third-order valence-electron chi connectivity index (χ3n) is 8.74. The van der Waals surface area contributed by atoms with Crippen LogP contribution in [0.5, 0.6) is 5.75 Å². The number of aliphatic hydroxyl groups excluding tert-OH is 1. The largest absolute Gasteiger partial charge is 0.490 e. The summed E-state index contributed by atoms with van der Waals surface area (Å²) in [6.45, 7) is 2.00. The number of amides is 1. The summed E-state index contributed by atoms with van der Waals surface area (Å²) in [6, 6.07) is 11.2. The first-order valence-electron chi connectivity index (χ1n) is 13.5. The molecule has 8 nitrogen and oxygen atoms in total. The minimum absolute atomic E-state index is 0.0256. The minimum atomic E-state index is -4.01. The molecule has 2 N–H and O–H groups in total. The van der Waals surface area contributed by atoms with Crippen LogP contribution in [0.1, 0.15) is 47.2 Å². The van der Waals surface area contributed by atoms with E-state index in [1.165, 1.54) is 17.2 Å². The fraction of sp³-hybridized carbons (Fsp3) is 0.483. The van der Waals surface area contributed by atoms with Gasteiger partial charge >= 0.3 is 0 Å². The normalized spacial score (nSPS) is 31.1. The van der Waals surface area contributed by atoms with Gasteiger partial charge in [0.15, 0.2) is 0 Å². The monoisotopic (exact) mass is 572 g/mol. The molecule has 39 heavy (non-hydrogen) atoms. The van der Waals surface area contributed by atoms with E-state index in [0.29, 0.717) is 25.4 Å². The van der Waals surface area contributed by atoms with Crippen LogP contribution in [0.25, 0.3) is 0 Å². The average Bonchev–Trinajstić information content (AvgIpc) is 3.02. The number of aliphatic hydroxyl groups is 1. The van der Waals surface area contributed by atoms with Crippen LogP contribution >= 0.6 is 11.6 Å². The highest BCUT2D eigenvalue weighted by atomic mass is 35.5. The van der Waals surface area contributed by atoms with Crippen LogP contribution in [0, 0.1) is 11.8 Å². The lowest BCUT2D eigenvalue weighted by Crippen LogP contribution is -2.50. The van der Waals surface area contributed by atoms with E-state index in [1.54, 1.807) is 18.2 Å². The van der Waals surface area contributed by atoms with Crippen LogP contribution in [-0.2, 0) is 26.6 Å². The molecule has 0 radical (unpaired) electrons. The summed E-state index contributed by atoms with van der Waals surface area (Å²) < 4.78 is 39.1. The first-order valence-corrected chi connectivity index (χ1v) is 15.5. The molecule has 2 heterocycles. The number of benzene rings is 2. The molecule has 2 aromatic carbocycles. The number of fused-ring (bicyclic) bond motifs is 4. The van der Waals surface area contributed by atoms with Gasteiger partial charge in [-0.25, -0.2) is 13.1 Å². The number of sulfonamides is 1. The van der Waals surface area contributed by atoms with Crippen LogP contribution in [0.15, 0.2) is 47.9 Å². The molecule has 1 fully saturated rings. The number of hydrogen-bond acceptors (Lipinski definition) is 7. The molecule has 1 amide bonds. The maximum atomic E-state index is 13.0. The highest BCUT2D eigenvalue weighted by molar-refractivity contribution is 7.92. The Labute approximate surface area is 234 Å². The molecule has 1 saturated carbocycles. The summed E-state index contributed by atoms with van der Waals surface area (Å²) in [5.74, 6) is 0.288. The predicted molar refractivity (Wildman–Crippen MR) is 149 cm³/mol. The van der Waals surface area contributed by atoms with E-state index >= 15 is 0 Å². The Morgan fingerprint density at radius 1 is 1.15 bits per heavy atom. The van der Waals surface area contributed by atoms with Gasteiger partial charge in [-0.2, -0.15) is 0 Å². The van der Waals surface area contributed by atoms with Crippen LogP contribution in [0.2, 0.25) is 5.02 Å². The van der Waals surface area contributed by atoms with Gasteiger partial charge in [0.05, 0.1) is 31.6 Å². The molecule has 0 saturated heterocycles. The Morgan fingerprint density at radius 3 is 2.85 bits per heavy atom. The molecule has 2 aliphatic heterocycles. The van der Waals surface area contributed by atoms with Crippen LogP contribution in [0.3, 0.4) is 0 Å². The second-order valence-electron chi connectivity index (χ2n) is 11.2. The average molecular weight is 573 g/mol. The summed E-state index contributed by atoms with van der Waals surface area (Å²) in [5, 5.41) is 12.5. The lowest BCUT2D eigenvalue weighted by molar-refractivity contribution is -0.0367. The Hall–Kier alpha value is -2.59. The minimum Gasteiger partial charge on any atom is -0.490 e. The van der Waals surface area contributed by atoms with Crippen LogP contribution < -0.4 is 14.4 Å². The molecule has 6 rings (SSSR count). The number of hydrogen-bond donors (Lipinski definition) is 2. The molecule has 208 valence electrons. The fourth-order valence-corrected chi connectivity index (χ4v) is 7.61. The molecular weight excluding hydrogens is 540 g/mol. The Kier molecular flexibility index (Phi) is 7.12. The van der Waals surface area contributed by atoms with E-state index in [1.807, 2.05) is 6.07 Å². The number of carbonyl (C=O) groups excluding carboxylic acids is 1. The van der Waals surface area contributed by atoms with Crippen molar-refractivity contribution in [2.45, 2.75) is 43.6 Å². The zero-order chi connectivity index (χ0) is 27.2. The lowest BCUT2D eigenvalue weighted by Gasteiger charge is -2.45. The summed E-state index contributed by atoms with van der Waals surface area (Å²) in [6.07, 6.45) is 5.53. The summed E-state index contributed by atoms with van der Waals surface area (Å²) in [5.41, 5.74) is 3.21. The smallest absolute Gasteiger partial charge is 0.265 e. The van der Waals surface area contributed by atoms with Crippen molar-refractivity contribution in [2.24, 2.45) is 11.8 Å². The topological polar surface area (TPSA) is 105 Å². The summed E-state index contributed by atoms with van der Waals surface area (Å²) in [4.78, 5) is 15.3. The van der Waals surface area contributed by atoms with E-state index in [4.69, 9.17) is 21.1 Å². The number of rotatable bonds is 0. The first kappa shape index (κ1) is 26.6. The van der Waals surface area contributed by atoms with Crippen molar-refractivity contribution in [1.29, 1.82) is 0 Å². The van der Waals surface area contributed by atoms with Crippen molar-refractivity contribution in [3.63, 3.8) is 0 Å². The standard InChI is InChI=1S/C29H33ClN2O6S/c30-22-6-8-24-19(13-22)3-1-10-29(24)17-32-15-21-4-7-23(21)26(33)16-37-11-2-12-39(35,36)31-28(34)20-5-9-27(38-18-29)25(32)14-20/h2,5-6,8-9,12-14,21,23,26,33H,1,3-4,7,10-11,15-18H2,(H,31,34)/b12-2-/t21-,23+,26-,29-/m0/s1. The number of nitrogens with zero attached hydrogens (tertiary/aromatic N) is 1. The van der Waals surface area contributed by atoms with Crippen molar-refractivity contribution in [3.05, 3.63) is 69.6 Å². The quantitative estimate of drug-likeness (QED) is 0.495. The van der Waals surface area contributed by atoms with Gasteiger partial charge < -0.3 is 19.5 Å². The number of nitrogens with one attached hydrogen (secondary N) is 1. The van der Waals surface area contributed by atoms with Crippen molar-refractivity contribution in [1.82, 2.24) is 4.72 Å². The van der Waals surface area contributed by atoms with E-state index < -0.39 is 22.0 Å². The Balaban J connectivity index is 1.42. The molecule has 0 unspecified atom stereocenters. The van der Waals surface area contributed by atoms with Gasteiger partial charge in [0.1, 0.15) is 5.75 Å². The maximum absolute atomic E-state index is 13.0. The lowest BCUT2D eigenvalue weighted by atomic mass is 9.68. The van der Waals surface area contributed by atoms with E-state index in [2.05, 4.69) is 21.8 Å². The molecule has 0 aromatic heterocycles. The molecule has 4 atom stereocenters. The number of aryl methyl sites for hydroxylation is 1. The molecular formula is C29H33ClN2O6S. The highest BCUT2D eigenvalue weighted by Crippen LogP contribution is 2.46. The van der Waals surface area contributed by atoms with E-state index in [0.717, 1.165) is 48.2 Å². The van der Waals surface area contributed by atoms with Crippen LogP contribution in [0.4, 0.5) is 5.69 Å². The first-order chi connectivity index (χ1) is 18.7. The second kappa shape index (κ2) is 10.4. The molecule has 2 aromatic rings. The van der Waals surface area contributed by atoms with Gasteiger partial charge in [-0.1, -0.05) is 17.7 Å². The van der Waals surface area contributed by atoms with Gasteiger partial charge in [-0.3, -0.25) is 4.79 Å². The number of carbonyl (C=O) groups is 1. The Bertz CT molecular complexity index is 1410. The van der Waals surface area contributed by atoms with Gasteiger partial charge in [0.2, 0.25) is 0 Å². The van der Waals surface area contributed by atoms with Crippen LogP contribution in [-0.4, -0.2) is 58.4 Å². The van der Waals surface area contributed by atoms with E-state index in [9.17, 15) is 18.3 Å². The molecule has 10 heteroatoms. The number of halogens is 1. The number of anilines is 1. The van der Waals surface area contributed by atoms with Gasteiger partial charge in [0, 0.05) is 34.5 Å². The van der Waals surface area contributed by atoms with Crippen molar-refractivity contribution in [3.8, 4) is 5.75 Å². The Morgan fingerprint density at radius 2 is 2.03 bits per heavy atom. The van der Waals surface area contributed by atoms with Gasteiger partial charge in [-0.05, 0) is 91.5 Å². The molecule has 2 aliphatic carbocycles. The zero-order valence-corrected chi connectivity index (χ0v) is 23.2. The summed E-state index contributed by atoms with van der Waals surface area (Å²) in [7, 11) is -4.01. The van der Waals surface area contributed by atoms with Crippen molar-refractivity contribution in [2.75, 3.05) is 37.8 Å². The maximum Gasteiger partial charge on any atom is 0.265 e. The van der Waals surface area contributed by atoms with E-state index in [-0.39, 0.29) is 36.0 Å². The zero-order valence-electron chi connectivity index (χ0n) is 21.6. The second-order valence-corrected chi connectivity index (χ2v) is 13.2. The fourth-order valence-electron chi connectivity index (χ4n) is 6.63.